The highest BCUT2D eigenvalue weighted by Crippen LogP contribution is 2.23. The van der Waals surface area contributed by atoms with Crippen LogP contribution >= 0.6 is 34.2 Å². The van der Waals surface area contributed by atoms with Gasteiger partial charge in [-0.25, -0.2) is 4.79 Å². The molecule has 3 N–H and O–H groups in total. The summed E-state index contributed by atoms with van der Waals surface area (Å²) in [5, 5.41) is 2.86. The minimum Gasteiger partial charge on any atom is -0.320 e. The largest absolute Gasteiger partial charge is 0.325 e. The number of rotatable bonds is 2. The number of amides is 1. The lowest BCUT2D eigenvalue weighted by Gasteiger charge is -2.06. The summed E-state index contributed by atoms with van der Waals surface area (Å²) in [7, 11) is 0. The molecule has 0 aliphatic rings. The Hall–Kier alpha value is -1.61. The van der Waals surface area contributed by atoms with E-state index in [0.717, 1.165) is 9.77 Å². The van der Waals surface area contributed by atoms with Gasteiger partial charge in [0.2, 0.25) is 0 Å². The summed E-state index contributed by atoms with van der Waals surface area (Å²) in [6.45, 7) is 0. The quantitative estimate of drug-likeness (QED) is 0.678. The van der Waals surface area contributed by atoms with E-state index in [1.165, 1.54) is 0 Å². The third-order valence-electron chi connectivity index (χ3n) is 2.24. The van der Waals surface area contributed by atoms with Crippen molar-refractivity contribution >= 4 is 45.8 Å². The maximum atomic E-state index is 11.9. The molecule has 2 rings (SSSR count). The van der Waals surface area contributed by atoms with Gasteiger partial charge in [-0.1, -0.05) is 11.6 Å². The minimum absolute atomic E-state index is 0.200. The topological polar surface area (TPSA) is 94.8 Å². The van der Waals surface area contributed by atoms with Crippen LogP contribution < -0.4 is 16.6 Å². The number of hydrogen-bond donors (Lipinski definition) is 3. The number of carbonyl (C=O) groups is 1. The second kappa shape index (κ2) is 5.57. The van der Waals surface area contributed by atoms with Gasteiger partial charge in [0, 0.05) is 9.77 Å². The van der Waals surface area contributed by atoms with Gasteiger partial charge in [0.25, 0.3) is 11.5 Å². The van der Waals surface area contributed by atoms with Crippen molar-refractivity contribution in [3.63, 3.8) is 0 Å². The molecule has 0 spiro atoms. The highest BCUT2D eigenvalue weighted by Gasteiger charge is 2.12. The lowest BCUT2D eigenvalue weighted by atomic mass is 10.2. The fourth-order valence-corrected chi connectivity index (χ4v) is 2.26. The van der Waals surface area contributed by atoms with Crippen molar-refractivity contribution in [1.29, 1.82) is 0 Å². The highest BCUT2D eigenvalue weighted by molar-refractivity contribution is 14.1. The molecule has 0 fully saturated rings. The Morgan fingerprint density at radius 3 is 2.68 bits per heavy atom. The van der Waals surface area contributed by atoms with Crippen molar-refractivity contribution in [3.05, 3.63) is 59.4 Å². The fourth-order valence-electron chi connectivity index (χ4n) is 1.36. The summed E-state index contributed by atoms with van der Waals surface area (Å²) < 4.78 is 0.919. The summed E-state index contributed by atoms with van der Waals surface area (Å²) in [6, 6.07) is 5.07. The molecule has 1 heterocycles. The first-order chi connectivity index (χ1) is 8.97. The van der Waals surface area contributed by atoms with Crippen molar-refractivity contribution in [3.8, 4) is 0 Å². The lowest BCUT2D eigenvalue weighted by molar-refractivity contribution is 0.102. The maximum Gasteiger partial charge on any atom is 0.325 e. The third-order valence-corrected chi connectivity index (χ3v) is 3.23. The number of carbonyl (C=O) groups excluding carboxylic acids is 1. The Morgan fingerprint density at radius 1 is 1.32 bits per heavy atom. The molecule has 2 aromatic rings. The Kier molecular flexibility index (Phi) is 4.05. The number of H-pyrrole nitrogens is 2. The van der Waals surface area contributed by atoms with Crippen LogP contribution in [0.5, 0.6) is 0 Å². The molecule has 0 radical (unpaired) electrons. The van der Waals surface area contributed by atoms with E-state index in [-0.39, 0.29) is 5.56 Å². The van der Waals surface area contributed by atoms with E-state index in [0.29, 0.717) is 10.7 Å². The molecule has 0 unspecified atom stereocenters. The summed E-state index contributed by atoms with van der Waals surface area (Å²) in [5.74, 6) is -0.652. The van der Waals surface area contributed by atoms with Crippen molar-refractivity contribution < 1.29 is 4.79 Å². The predicted molar refractivity (Wildman–Crippen MR) is 79.8 cm³/mol. The van der Waals surface area contributed by atoms with Crippen LogP contribution in [0.25, 0.3) is 0 Å². The molecular weight excluding hydrogens is 384 g/mol. The molecule has 0 saturated carbocycles. The SMILES string of the molecule is O=C(Nc1ccc(I)cc1Cl)c1c[nH]c(=O)[nH]c1=O. The summed E-state index contributed by atoms with van der Waals surface area (Å²) in [4.78, 5) is 38.4. The monoisotopic (exact) mass is 391 g/mol. The van der Waals surface area contributed by atoms with Crippen LogP contribution in [-0.2, 0) is 0 Å². The van der Waals surface area contributed by atoms with Crippen LogP contribution in [0.4, 0.5) is 5.69 Å². The van der Waals surface area contributed by atoms with E-state index in [4.69, 9.17) is 11.6 Å². The van der Waals surface area contributed by atoms with Crippen molar-refractivity contribution in [2.75, 3.05) is 5.32 Å². The van der Waals surface area contributed by atoms with Gasteiger partial charge in [-0.3, -0.25) is 14.6 Å². The number of anilines is 1. The van der Waals surface area contributed by atoms with Crippen LogP contribution in [0.1, 0.15) is 10.4 Å². The van der Waals surface area contributed by atoms with E-state index in [9.17, 15) is 14.4 Å². The van der Waals surface area contributed by atoms with Crippen molar-refractivity contribution in [2.24, 2.45) is 0 Å². The predicted octanol–water partition coefficient (Wildman–Crippen LogP) is 1.57. The molecule has 8 heteroatoms. The molecule has 0 bridgehead atoms. The van der Waals surface area contributed by atoms with Gasteiger partial charge in [0.05, 0.1) is 10.7 Å². The van der Waals surface area contributed by atoms with Gasteiger partial charge in [-0.05, 0) is 40.8 Å². The summed E-state index contributed by atoms with van der Waals surface area (Å²) in [5.41, 5.74) is -1.25. The molecule has 0 saturated heterocycles. The van der Waals surface area contributed by atoms with E-state index in [2.05, 4.69) is 32.9 Å². The van der Waals surface area contributed by atoms with E-state index in [1.54, 1.807) is 18.2 Å². The molecule has 19 heavy (non-hydrogen) atoms. The van der Waals surface area contributed by atoms with Crippen LogP contribution in [0.2, 0.25) is 5.02 Å². The Balaban J connectivity index is 2.31. The average Bonchev–Trinajstić information content (AvgIpc) is 2.32. The van der Waals surface area contributed by atoms with Crippen LogP contribution in [0.15, 0.2) is 34.0 Å². The zero-order valence-electron chi connectivity index (χ0n) is 9.29. The van der Waals surface area contributed by atoms with Crippen LogP contribution in [-0.4, -0.2) is 15.9 Å². The van der Waals surface area contributed by atoms with E-state index < -0.39 is 17.2 Å². The standard InChI is InChI=1S/C11H7ClIN3O3/c12-7-3-5(13)1-2-8(7)15-9(17)6-4-14-11(19)16-10(6)18/h1-4H,(H,15,17)(H2,14,16,18,19). The number of benzene rings is 1. The molecule has 6 nitrogen and oxygen atoms in total. The van der Waals surface area contributed by atoms with E-state index in [1.807, 2.05) is 4.98 Å². The minimum atomic E-state index is -0.761. The smallest absolute Gasteiger partial charge is 0.320 e. The molecular formula is C11H7ClIN3O3. The molecule has 1 aromatic heterocycles. The zero-order chi connectivity index (χ0) is 14.0. The van der Waals surface area contributed by atoms with Crippen molar-refractivity contribution in [2.45, 2.75) is 0 Å². The maximum absolute atomic E-state index is 11.9. The first-order valence-corrected chi connectivity index (χ1v) is 6.51. The van der Waals surface area contributed by atoms with Gasteiger partial charge in [-0.15, -0.1) is 0 Å². The van der Waals surface area contributed by atoms with Gasteiger partial charge in [0.1, 0.15) is 5.56 Å². The van der Waals surface area contributed by atoms with Gasteiger partial charge in [0.15, 0.2) is 0 Å². The third kappa shape index (κ3) is 3.24. The molecule has 0 atom stereocenters. The Morgan fingerprint density at radius 2 is 2.05 bits per heavy atom. The molecule has 1 aromatic carbocycles. The number of aromatic nitrogens is 2. The lowest BCUT2D eigenvalue weighted by Crippen LogP contribution is -2.29. The van der Waals surface area contributed by atoms with Gasteiger partial charge < -0.3 is 10.3 Å². The molecule has 1 amide bonds. The second-order valence-electron chi connectivity index (χ2n) is 3.56. The number of hydrogen-bond acceptors (Lipinski definition) is 3. The van der Waals surface area contributed by atoms with E-state index >= 15 is 0 Å². The Labute approximate surface area is 125 Å². The first-order valence-electron chi connectivity index (χ1n) is 5.06. The summed E-state index contributed by atoms with van der Waals surface area (Å²) >= 11 is 8.05. The molecule has 98 valence electrons. The first kappa shape index (κ1) is 13.8. The molecule has 0 aliphatic heterocycles. The summed E-state index contributed by atoms with van der Waals surface area (Å²) in [6.07, 6.45) is 1.05. The van der Waals surface area contributed by atoms with Gasteiger partial charge >= 0.3 is 5.69 Å². The highest BCUT2D eigenvalue weighted by atomic mass is 127. The second-order valence-corrected chi connectivity index (χ2v) is 5.22. The van der Waals surface area contributed by atoms with Crippen LogP contribution in [0, 0.1) is 3.57 Å². The number of nitrogens with one attached hydrogen (secondary N) is 3. The Bertz CT molecular complexity index is 753. The number of aromatic amines is 2. The van der Waals surface area contributed by atoms with Crippen molar-refractivity contribution in [1.82, 2.24) is 9.97 Å². The fraction of sp³-hybridized carbons (Fsp3) is 0. The average molecular weight is 392 g/mol. The normalized spacial score (nSPS) is 10.2. The molecule has 0 aliphatic carbocycles. The zero-order valence-corrected chi connectivity index (χ0v) is 12.2. The van der Waals surface area contributed by atoms with Crippen LogP contribution in [0.3, 0.4) is 0 Å². The number of halogens is 2. The van der Waals surface area contributed by atoms with Gasteiger partial charge in [-0.2, -0.15) is 0 Å².